The van der Waals surface area contributed by atoms with Crippen LogP contribution in [0.1, 0.15) is 12.8 Å². The number of ether oxygens (including phenoxy) is 1. The van der Waals surface area contributed by atoms with Crippen LogP contribution in [-0.2, 0) is 26.6 Å². The predicted octanol–water partition coefficient (Wildman–Crippen LogP) is 1.44. The molecular formula is C19H25N3O4S. The molecule has 0 saturated carbocycles. The van der Waals surface area contributed by atoms with Gasteiger partial charge in [0.2, 0.25) is 15.9 Å². The Kier molecular flexibility index (Phi) is 4.96. The number of morpholine rings is 1. The van der Waals surface area contributed by atoms with Gasteiger partial charge in [0.1, 0.15) is 0 Å². The molecule has 1 aromatic heterocycles. The van der Waals surface area contributed by atoms with Gasteiger partial charge in [0.15, 0.2) is 0 Å². The topological polar surface area (TPSA) is 71.9 Å². The fraction of sp³-hybridized carbons (Fsp3) is 0.526. The molecule has 0 bridgehead atoms. The van der Waals surface area contributed by atoms with Crippen molar-refractivity contribution >= 4 is 26.8 Å². The van der Waals surface area contributed by atoms with Crippen LogP contribution in [0.4, 0.5) is 0 Å². The van der Waals surface area contributed by atoms with E-state index in [-0.39, 0.29) is 11.8 Å². The van der Waals surface area contributed by atoms with E-state index in [1.54, 1.807) is 12.1 Å². The van der Waals surface area contributed by atoms with Gasteiger partial charge in [0, 0.05) is 56.2 Å². The number of fused-ring (bicyclic) bond motifs is 1. The first kappa shape index (κ1) is 18.5. The summed E-state index contributed by atoms with van der Waals surface area (Å²) < 4.78 is 34.8. The summed E-state index contributed by atoms with van der Waals surface area (Å²) in [5.41, 5.74) is 1.00. The quantitative estimate of drug-likeness (QED) is 0.794. The van der Waals surface area contributed by atoms with Gasteiger partial charge in [-0.3, -0.25) is 4.79 Å². The normalized spacial score (nSPS) is 20.3. The Morgan fingerprint density at radius 2 is 1.78 bits per heavy atom. The molecule has 0 N–H and O–H groups in total. The van der Waals surface area contributed by atoms with E-state index in [1.807, 2.05) is 34.8 Å². The zero-order valence-corrected chi connectivity index (χ0v) is 16.3. The largest absolute Gasteiger partial charge is 0.378 e. The summed E-state index contributed by atoms with van der Waals surface area (Å²) >= 11 is 0. The second kappa shape index (κ2) is 7.26. The predicted molar refractivity (Wildman–Crippen MR) is 102 cm³/mol. The van der Waals surface area contributed by atoms with Crippen LogP contribution in [0.25, 0.3) is 10.9 Å². The van der Waals surface area contributed by atoms with Crippen molar-refractivity contribution in [3.05, 3.63) is 30.5 Å². The molecule has 0 atom stereocenters. The number of benzene rings is 1. The van der Waals surface area contributed by atoms with E-state index in [0.717, 1.165) is 10.9 Å². The molecule has 2 saturated heterocycles. The van der Waals surface area contributed by atoms with Gasteiger partial charge in [-0.2, -0.15) is 4.31 Å². The number of nitrogens with zero attached hydrogens (tertiary/aromatic N) is 3. The molecule has 2 fully saturated rings. The summed E-state index contributed by atoms with van der Waals surface area (Å²) in [5.74, 6) is 0.0483. The Labute approximate surface area is 159 Å². The van der Waals surface area contributed by atoms with E-state index in [0.29, 0.717) is 57.1 Å². The van der Waals surface area contributed by atoms with Crippen LogP contribution in [0.3, 0.4) is 0 Å². The van der Waals surface area contributed by atoms with Crippen LogP contribution >= 0.6 is 0 Å². The van der Waals surface area contributed by atoms with Gasteiger partial charge in [-0.05, 0) is 37.1 Å². The Morgan fingerprint density at radius 3 is 2.48 bits per heavy atom. The minimum Gasteiger partial charge on any atom is -0.378 e. The number of piperidine rings is 1. The lowest BCUT2D eigenvalue weighted by molar-refractivity contribution is -0.140. The van der Waals surface area contributed by atoms with Gasteiger partial charge in [-0.25, -0.2) is 8.42 Å². The fourth-order valence-corrected chi connectivity index (χ4v) is 5.46. The van der Waals surface area contributed by atoms with Gasteiger partial charge in [-0.15, -0.1) is 0 Å². The summed E-state index contributed by atoms with van der Waals surface area (Å²) in [6.45, 7) is 3.20. The number of aryl methyl sites for hydroxylation is 1. The number of hydrogen-bond acceptors (Lipinski definition) is 4. The highest BCUT2D eigenvalue weighted by Crippen LogP contribution is 2.27. The number of hydrogen-bond donors (Lipinski definition) is 0. The van der Waals surface area contributed by atoms with Crippen molar-refractivity contribution in [2.75, 3.05) is 39.4 Å². The lowest BCUT2D eigenvalue weighted by atomic mass is 9.96. The molecule has 8 heteroatoms. The van der Waals surface area contributed by atoms with Crippen molar-refractivity contribution in [1.82, 2.24) is 13.8 Å². The number of aromatic nitrogens is 1. The molecule has 4 rings (SSSR count). The first-order valence-corrected chi connectivity index (χ1v) is 10.8. The van der Waals surface area contributed by atoms with Crippen LogP contribution in [0.15, 0.2) is 35.4 Å². The number of carbonyl (C=O) groups excluding carboxylic acids is 1. The molecule has 27 heavy (non-hydrogen) atoms. The maximum atomic E-state index is 13.0. The van der Waals surface area contributed by atoms with Crippen molar-refractivity contribution in [3.63, 3.8) is 0 Å². The van der Waals surface area contributed by atoms with Crippen molar-refractivity contribution < 1.29 is 17.9 Å². The van der Waals surface area contributed by atoms with Gasteiger partial charge in [-0.1, -0.05) is 0 Å². The average Bonchev–Trinajstić information content (AvgIpc) is 3.08. The maximum absolute atomic E-state index is 13.0. The first-order valence-electron chi connectivity index (χ1n) is 9.38. The highest BCUT2D eigenvalue weighted by Gasteiger charge is 2.34. The average molecular weight is 391 g/mol. The molecule has 1 amide bonds. The highest BCUT2D eigenvalue weighted by atomic mass is 32.2. The smallest absolute Gasteiger partial charge is 0.243 e. The summed E-state index contributed by atoms with van der Waals surface area (Å²) in [4.78, 5) is 14.8. The lowest BCUT2D eigenvalue weighted by Gasteiger charge is -2.35. The third kappa shape index (κ3) is 3.49. The van der Waals surface area contributed by atoms with E-state index >= 15 is 0 Å². The van der Waals surface area contributed by atoms with Crippen molar-refractivity contribution in [1.29, 1.82) is 0 Å². The second-order valence-electron chi connectivity index (χ2n) is 7.26. The molecule has 2 aliphatic rings. The first-order chi connectivity index (χ1) is 13.0. The molecule has 3 heterocycles. The molecule has 0 unspecified atom stereocenters. The van der Waals surface area contributed by atoms with Gasteiger partial charge >= 0.3 is 0 Å². The Balaban J connectivity index is 1.45. The van der Waals surface area contributed by atoms with E-state index in [1.165, 1.54) is 4.31 Å². The monoisotopic (exact) mass is 391 g/mol. The summed E-state index contributed by atoms with van der Waals surface area (Å²) in [6.07, 6.45) is 3.07. The van der Waals surface area contributed by atoms with E-state index in [9.17, 15) is 13.2 Å². The molecule has 7 nitrogen and oxygen atoms in total. The van der Waals surface area contributed by atoms with Crippen LogP contribution in [-0.4, -0.2) is 67.5 Å². The van der Waals surface area contributed by atoms with Gasteiger partial charge < -0.3 is 14.2 Å². The standard InChI is InChI=1S/C19H25N3O4S/c1-20-7-4-16-14-17(2-3-18(16)20)27(24,25)22-8-5-15(6-9-22)19(23)21-10-12-26-13-11-21/h2-4,7,14-15H,5-6,8-13H2,1H3. The minimum absolute atomic E-state index is 0.0915. The Hall–Kier alpha value is -1.90. The van der Waals surface area contributed by atoms with E-state index in [4.69, 9.17) is 4.74 Å². The van der Waals surface area contributed by atoms with Crippen LogP contribution in [0.5, 0.6) is 0 Å². The van der Waals surface area contributed by atoms with E-state index in [2.05, 4.69) is 0 Å². The summed E-state index contributed by atoms with van der Waals surface area (Å²) in [6, 6.07) is 7.16. The van der Waals surface area contributed by atoms with Crippen molar-refractivity contribution in [2.45, 2.75) is 17.7 Å². The Bertz CT molecular complexity index is 939. The van der Waals surface area contributed by atoms with Crippen LogP contribution in [0.2, 0.25) is 0 Å². The minimum atomic E-state index is -3.54. The lowest BCUT2D eigenvalue weighted by Crippen LogP contribution is -2.47. The molecular weight excluding hydrogens is 366 g/mol. The van der Waals surface area contributed by atoms with Crippen molar-refractivity contribution in [2.24, 2.45) is 13.0 Å². The molecule has 0 spiro atoms. The maximum Gasteiger partial charge on any atom is 0.243 e. The van der Waals surface area contributed by atoms with E-state index < -0.39 is 10.0 Å². The number of carbonyl (C=O) groups is 1. The molecule has 2 aromatic rings. The SMILES string of the molecule is Cn1ccc2cc(S(=O)(=O)N3CCC(C(=O)N4CCOCC4)CC3)ccc21. The molecule has 1 aromatic carbocycles. The highest BCUT2D eigenvalue weighted by molar-refractivity contribution is 7.89. The number of amides is 1. The molecule has 146 valence electrons. The van der Waals surface area contributed by atoms with Gasteiger partial charge in [0.25, 0.3) is 0 Å². The zero-order chi connectivity index (χ0) is 19.0. The number of sulfonamides is 1. The van der Waals surface area contributed by atoms with Crippen LogP contribution in [0, 0.1) is 5.92 Å². The number of rotatable bonds is 3. The Morgan fingerprint density at radius 1 is 1.07 bits per heavy atom. The molecule has 0 radical (unpaired) electrons. The van der Waals surface area contributed by atoms with Crippen molar-refractivity contribution in [3.8, 4) is 0 Å². The third-order valence-corrected chi connectivity index (χ3v) is 7.52. The van der Waals surface area contributed by atoms with Gasteiger partial charge in [0.05, 0.1) is 18.1 Å². The second-order valence-corrected chi connectivity index (χ2v) is 9.20. The fourth-order valence-electron chi connectivity index (χ4n) is 3.95. The van der Waals surface area contributed by atoms with Crippen LogP contribution < -0.4 is 0 Å². The molecule has 2 aliphatic heterocycles. The summed E-state index contributed by atoms with van der Waals surface area (Å²) in [5, 5.41) is 0.913. The zero-order valence-electron chi connectivity index (χ0n) is 15.5. The molecule has 0 aliphatic carbocycles. The third-order valence-electron chi connectivity index (χ3n) is 5.62. The summed E-state index contributed by atoms with van der Waals surface area (Å²) in [7, 11) is -1.60.